The third-order valence-corrected chi connectivity index (χ3v) is 6.81. The van der Waals surface area contributed by atoms with Crippen LogP contribution in [0.25, 0.3) is 0 Å². The molecule has 0 amide bonds. The third kappa shape index (κ3) is 5.81. The first-order valence-electron chi connectivity index (χ1n) is 11.0. The van der Waals surface area contributed by atoms with Crippen molar-refractivity contribution in [3.05, 3.63) is 29.8 Å². The lowest BCUT2D eigenvalue weighted by Crippen LogP contribution is -2.30. The lowest BCUT2D eigenvalue weighted by molar-refractivity contribution is -0.140. The van der Waals surface area contributed by atoms with E-state index in [9.17, 15) is 4.79 Å². The van der Waals surface area contributed by atoms with Gasteiger partial charge in [0, 0.05) is 7.11 Å². The fraction of sp³-hybridized carbons (Fsp3) is 0.708. The Morgan fingerprint density at radius 2 is 1.52 bits per heavy atom. The number of carbonyl (C=O) groups excluding carboxylic acids is 1. The van der Waals surface area contributed by atoms with Crippen LogP contribution in [-0.2, 0) is 16.1 Å². The van der Waals surface area contributed by atoms with E-state index in [2.05, 4.69) is 6.92 Å². The van der Waals surface area contributed by atoms with Crippen LogP contribution in [0, 0.1) is 23.7 Å². The van der Waals surface area contributed by atoms with Crippen molar-refractivity contribution in [3.8, 4) is 5.75 Å². The van der Waals surface area contributed by atoms with Crippen molar-refractivity contribution in [2.24, 2.45) is 23.7 Å². The standard InChI is InChI=1S/C24H36O3/c1-3-4-18-5-9-20(10-6-18)21-11-13-22(14-12-21)24(25)27-23-15-7-19(8-16-23)17-26-2/h7-8,15-16,18,20-22H,3-6,9-14,17H2,1-2H3. The molecule has 0 heterocycles. The Morgan fingerprint density at radius 1 is 0.926 bits per heavy atom. The molecule has 2 aliphatic rings. The zero-order chi connectivity index (χ0) is 19.1. The summed E-state index contributed by atoms with van der Waals surface area (Å²) in [6.45, 7) is 2.89. The second-order valence-corrected chi connectivity index (χ2v) is 8.68. The molecule has 0 unspecified atom stereocenters. The predicted octanol–water partition coefficient (Wildman–Crippen LogP) is 6.15. The molecule has 0 N–H and O–H groups in total. The molecule has 3 nitrogen and oxygen atoms in total. The quantitative estimate of drug-likeness (QED) is 0.425. The Balaban J connectivity index is 1.41. The molecule has 0 bridgehead atoms. The van der Waals surface area contributed by atoms with Gasteiger partial charge < -0.3 is 9.47 Å². The summed E-state index contributed by atoms with van der Waals surface area (Å²) in [6, 6.07) is 7.65. The number of hydrogen-bond acceptors (Lipinski definition) is 3. The zero-order valence-corrected chi connectivity index (χ0v) is 17.1. The van der Waals surface area contributed by atoms with Crippen LogP contribution in [-0.4, -0.2) is 13.1 Å². The fourth-order valence-corrected chi connectivity index (χ4v) is 5.20. The summed E-state index contributed by atoms with van der Waals surface area (Å²) < 4.78 is 10.7. The van der Waals surface area contributed by atoms with Gasteiger partial charge in [-0.3, -0.25) is 4.79 Å². The summed E-state index contributed by atoms with van der Waals surface area (Å²) in [5.41, 5.74) is 1.09. The molecule has 0 aliphatic heterocycles. The van der Waals surface area contributed by atoms with E-state index >= 15 is 0 Å². The highest BCUT2D eigenvalue weighted by Crippen LogP contribution is 2.42. The van der Waals surface area contributed by atoms with E-state index < -0.39 is 0 Å². The van der Waals surface area contributed by atoms with Crippen LogP contribution in [0.5, 0.6) is 5.75 Å². The minimum Gasteiger partial charge on any atom is -0.426 e. The summed E-state index contributed by atoms with van der Waals surface area (Å²) in [5.74, 6) is 3.41. The Kier molecular flexibility index (Phi) is 7.75. The molecule has 0 atom stereocenters. The summed E-state index contributed by atoms with van der Waals surface area (Å²) >= 11 is 0. The second-order valence-electron chi connectivity index (χ2n) is 8.68. The van der Waals surface area contributed by atoms with Crippen molar-refractivity contribution in [1.82, 2.24) is 0 Å². The van der Waals surface area contributed by atoms with Crippen molar-refractivity contribution in [2.45, 2.75) is 77.7 Å². The van der Waals surface area contributed by atoms with Gasteiger partial charge in [0.25, 0.3) is 0 Å². The molecular formula is C24H36O3. The van der Waals surface area contributed by atoms with Gasteiger partial charge in [-0.15, -0.1) is 0 Å². The SMILES string of the molecule is CCCC1CCC(C2CCC(C(=O)Oc3ccc(COC)cc3)CC2)CC1. The van der Waals surface area contributed by atoms with E-state index in [0.29, 0.717) is 12.4 Å². The largest absolute Gasteiger partial charge is 0.426 e. The molecule has 2 saturated carbocycles. The molecular weight excluding hydrogens is 336 g/mol. The molecule has 150 valence electrons. The topological polar surface area (TPSA) is 35.5 Å². The highest BCUT2D eigenvalue weighted by atomic mass is 16.5. The van der Waals surface area contributed by atoms with Gasteiger partial charge in [-0.25, -0.2) is 0 Å². The first kappa shape index (κ1) is 20.4. The molecule has 0 saturated heterocycles. The average molecular weight is 373 g/mol. The lowest BCUT2D eigenvalue weighted by Gasteiger charge is -2.37. The Hall–Kier alpha value is -1.35. The number of hydrogen-bond donors (Lipinski definition) is 0. The summed E-state index contributed by atoms with van der Waals surface area (Å²) in [4.78, 5) is 12.5. The maximum atomic E-state index is 12.5. The predicted molar refractivity (Wildman–Crippen MR) is 109 cm³/mol. The summed E-state index contributed by atoms with van der Waals surface area (Å²) in [5, 5.41) is 0. The number of methoxy groups -OCH3 is 1. The molecule has 2 fully saturated rings. The van der Waals surface area contributed by atoms with Gasteiger partial charge >= 0.3 is 5.97 Å². The highest BCUT2D eigenvalue weighted by Gasteiger charge is 2.33. The summed E-state index contributed by atoms with van der Waals surface area (Å²) in [6.07, 6.45) is 12.8. The van der Waals surface area contributed by atoms with Crippen molar-refractivity contribution in [3.63, 3.8) is 0 Å². The number of benzene rings is 1. The van der Waals surface area contributed by atoms with Crippen LogP contribution >= 0.6 is 0 Å². The third-order valence-electron chi connectivity index (χ3n) is 6.81. The molecule has 0 spiro atoms. The maximum absolute atomic E-state index is 12.5. The van der Waals surface area contributed by atoms with Crippen LogP contribution in [0.4, 0.5) is 0 Å². The smallest absolute Gasteiger partial charge is 0.314 e. The van der Waals surface area contributed by atoms with Gasteiger partial charge in [-0.2, -0.15) is 0 Å². The fourth-order valence-electron chi connectivity index (χ4n) is 5.20. The van der Waals surface area contributed by atoms with E-state index in [1.54, 1.807) is 7.11 Å². The number of carbonyl (C=O) groups is 1. The summed E-state index contributed by atoms with van der Waals surface area (Å²) in [7, 11) is 1.68. The van der Waals surface area contributed by atoms with Crippen molar-refractivity contribution >= 4 is 5.97 Å². The average Bonchev–Trinajstić information content (AvgIpc) is 2.71. The van der Waals surface area contributed by atoms with E-state index in [0.717, 1.165) is 36.2 Å². The lowest BCUT2D eigenvalue weighted by atomic mass is 9.69. The molecule has 2 aliphatic carbocycles. The monoisotopic (exact) mass is 372 g/mol. The minimum absolute atomic E-state index is 0.0420. The van der Waals surface area contributed by atoms with Crippen LogP contribution in [0.3, 0.4) is 0 Å². The Morgan fingerprint density at radius 3 is 2.07 bits per heavy atom. The first-order chi connectivity index (χ1) is 13.2. The van der Waals surface area contributed by atoms with Gasteiger partial charge in [-0.1, -0.05) is 44.7 Å². The molecule has 3 rings (SSSR count). The van der Waals surface area contributed by atoms with E-state index in [1.165, 1.54) is 51.4 Å². The van der Waals surface area contributed by atoms with Gasteiger partial charge in [0.1, 0.15) is 5.75 Å². The van der Waals surface area contributed by atoms with Gasteiger partial charge in [-0.05, 0) is 74.0 Å². The van der Waals surface area contributed by atoms with Crippen LogP contribution in [0.1, 0.15) is 76.7 Å². The highest BCUT2D eigenvalue weighted by molar-refractivity contribution is 5.75. The first-order valence-corrected chi connectivity index (χ1v) is 11.0. The van der Waals surface area contributed by atoms with E-state index in [-0.39, 0.29) is 11.9 Å². The molecule has 1 aromatic rings. The van der Waals surface area contributed by atoms with Crippen LogP contribution in [0.2, 0.25) is 0 Å². The van der Waals surface area contributed by atoms with Gasteiger partial charge in [0.05, 0.1) is 12.5 Å². The molecule has 27 heavy (non-hydrogen) atoms. The van der Waals surface area contributed by atoms with Crippen molar-refractivity contribution in [2.75, 3.05) is 7.11 Å². The number of ether oxygens (including phenoxy) is 2. The molecule has 0 radical (unpaired) electrons. The van der Waals surface area contributed by atoms with Crippen LogP contribution < -0.4 is 4.74 Å². The van der Waals surface area contributed by atoms with Crippen molar-refractivity contribution < 1.29 is 14.3 Å². The molecule has 0 aromatic heterocycles. The van der Waals surface area contributed by atoms with E-state index in [4.69, 9.17) is 9.47 Å². The second kappa shape index (κ2) is 10.3. The maximum Gasteiger partial charge on any atom is 0.314 e. The Bertz CT molecular complexity index is 564. The number of rotatable bonds is 7. The zero-order valence-electron chi connectivity index (χ0n) is 17.1. The Labute approximate surface area is 164 Å². The van der Waals surface area contributed by atoms with Gasteiger partial charge in [0.2, 0.25) is 0 Å². The molecule has 3 heteroatoms. The number of esters is 1. The van der Waals surface area contributed by atoms with Crippen LogP contribution in [0.15, 0.2) is 24.3 Å². The minimum atomic E-state index is -0.0420. The normalized spacial score (nSPS) is 28.7. The molecule has 1 aromatic carbocycles. The van der Waals surface area contributed by atoms with Crippen molar-refractivity contribution in [1.29, 1.82) is 0 Å². The van der Waals surface area contributed by atoms with E-state index in [1.807, 2.05) is 24.3 Å². The van der Waals surface area contributed by atoms with Gasteiger partial charge in [0.15, 0.2) is 0 Å².